The first kappa shape index (κ1) is 88.1. The van der Waals surface area contributed by atoms with Crippen molar-refractivity contribution in [2.24, 2.45) is 5.92 Å². The molecule has 0 aliphatic carbocycles. The lowest BCUT2D eigenvalue weighted by Crippen LogP contribution is -2.30. The Balaban J connectivity index is 5.25. The van der Waals surface area contributed by atoms with Crippen molar-refractivity contribution in [1.82, 2.24) is 0 Å². The number of aliphatic hydroxyl groups excluding tert-OH is 1. The van der Waals surface area contributed by atoms with Gasteiger partial charge in [0.2, 0.25) is 0 Å². The molecule has 0 saturated carbocycles. The predicted octanol–water partition coefficient (Wildman–Crippen LogP) is 20.5. The molecule has 0 spiro atoms. The van der Waals surface area contributed by atoms with Crippen molar-refractivity contribution in [3.8, 4) is 0 Å². The average molecular weight is 1330 g/mol. The van der Waals surface area contributed by atoms with Crippen LogP contribution in [0.15, 0.2) is 0 Å². The fraction of sp³-hybridized carbons (Fsp3) is 0.944. The number of ether oxygens (including phenoxy) is 4. The van der Waals surface area contributed by atoms with Crippen molar-refractivity contribution in [1.29, 1.82) is 0 Å². The quantitative estimate of drug-likeness (QED) is 0.0222. The highest BCUT2D eigenvalue weighted by atomic mass is 31.2. The molecular weight excluding hydrogens is 1190 g/mol. The van der Waals surface area contributed by atoms with Crippen molar-refractivity contribution in [3.05, 3.63) is 0 Å². The van der Waals surface area contributed by atoms with E-state index in [0.717, 1.165) is 102 Å². The Hall–Kier alpha value is -1.94. The van der Waals surface area contributed by atoms with E-state index in [2.05, 4.69) is 34.6 Å². The summed E-state index contributed by atoms with van der Waals surface area (Å²) >= 11 is 0. The van der Waals surface area contributed by atoms with Crippen molar-refractivity contribution in [2.75, 3.05) is 39.6 Å². The predicted molar refractivity (Wildman–Crippen MR) is 363 cm³/mol. The van der Waals surface area contributed by atoms with Crippen LogP contribution in [0, 0.1) is 5.92 Å². The molecule has 0 aliphatic heterocycles. The summed E-state index contributed by atoms with van der Waals surface area (Å²) in [7, 11) is -9.90. The molecule has 0 aliphatic rings. The summed E-state index contributed by atoms with van der Waals surface area (Å²) < 4.78 is 68.3. The van der Waals surface area contributed by atoms with Crippen LogP contribution in [-0.2, 0) is 65.4 Å². The number of unbranched alkanes of at least 4 members (excludes halogenated alkanes) is 42. The summed E-state index contributed by atoms with van der Waals surface area (Å²) in [5.41, 5.74) is 0. The number of phosphoric acid groups is 2. The summed E-state index contributed by atoms with van der Waals surface area (Å²) in [5.74, 6) is -1.39. The standard InChI is InChI=1S/C71H138O17P2/c1-6-10-13-16-19-22-25-27-29-31-34-37-40-47-52-57-71(76)87-66(60-81-68(73)54-49-44-38-35-33-30-28-26-23-20-17-14-11-7-2)62-85-89(77,78)83-58-65(72)59-84-90(79,80)86-63-67(61-82-69(74)55-50-45-42-41-43-48-53-64(5)9-4)88-70(75)56-51-46-39-36-32-24-21-18-15-12-8-3/h64-67,72H,6-63H2,1-5H3,(H,77,78)(H,79,80)/t64?,65-,66-,67-/m1/s1. The monoisotopic (exact) mass is 1320 g/mol. The number of hydrogen-bond acceptors (Lipinski definition) is 15. The fourth-order valence-electron chi connectivity index (χ4n) is 10.8. The van der Waals surface area contributed by atoms with Crippen LogP contribution in [0.1, 0.15) is 369 Å². The number of phosphoric ester groups is 2. The molecule has 6 atom stereocenters. The zero-order chi connectivity index (χ0) is 66.3. The summed E-state index contributed by atoms with van der Waals surface area (Å²) in [6, 6.07) is 0. The third-order valence-corrected chi connectivity index (χ3v) is 18.8. The summed E-state index contributed by atoms with van der Waals surface area (Å²) in [5, 5.41) is 10.6. The van der Waals surface area contributed by atoms with Gasteiger partial charge in [0, 0.05) is 25.7 Å². The van der Waals surface area contributed by atoms with Gasteiger partial charge in [-0.15, -0.1) is 0 Å². The van der Waals surface area contributed by atoms with E-state index >= 15 is 0 Å². The van der Waals surface area contributed by atoms with E-state index < -0.39 is 97.5 Å². The van der Waals surface area contributed by atoms with E-state index in [1.54, 1.807) is 0 Å². The van der Waals surface area contributed by atoms with E-state index in [9.17, 15) is 43.2 Å². The van der Waals surface area contributed by atoms with Gasteiger partial charge in [-0.1, -0.05) is 317 Å². The normalized spacial score (nSPS) is 14.4. The third kappa shape index (κ3) is 63.5. The minimum absolute atomic E-state index is 0.106. The van der Waals surface area contributed by atoms with Crippen LogP contribution in [-0.4, -0.2) is 96.7 Å². The molecular formula is C71H138O17P2. The van der Waals surface area contributed by atoms with Gasteiger partial charge in [0.25, 0.3) is 0 Å². The molecule has 0 rings (SSSR count). The molecule has 0 saturated heterocycles. The second kappa shape index (κ2) is 64.4. The molecule has 0 aromatic carbocycles. The Morgan fingerprint density at radius 1 is 0.311 bits per heavy atom. The van der Waals surface area contributed by atoms with Crippen LogP contribution >= 0.6 is 15.6 Å². The Morgan fingerprint density at radius 3 is 0.789 bits per heavy atom. The van der Waals surface area contributed by atoms with Gasteiger partial charge in [0.1, 0.15) is 19.3 Å². The van der Waals surface area contributed by atoms with Crippen LogP contribution in [0.3, 0.4) is 0 Å². The Bertz CT molecular complexity index is 1740. The Kier molecular flexibility index (Phi) is 63.0. The molecule has 534 valence electrons. The molecule has 3 N–H and O–H groups in total. The Labute approximate surface area is 549 Å². The van der Waals surface area contributed by atoms with Gasteiger partial charge < -0.3 is 33.8 Å². The van der Waals surface area contributed by atoms with Crippen molar-refractivity contribution in [2.45, 2.75) is 387 Å². The number of carbonyl (C=O) groups is 4. The van der Waals surface area contributed by atoms with E-state index in [-0.39, 0.29) is 25.7 Å². The number of esters is 4. The smallest absolute Gasteiger partial charge is 0.462 e. The minimum Gasteiger partial charge on any atom is -0.462 e. The molecule has 0 aromatic heterocycles. The first-order valence-corrected chi connectivity index (χ1v) is 40.2. The lowest BCUT2D eigenvalue weighted by atomic mass is 10.00. The second-order valence-electron chi connectivity index (χ2n) is 25.9. The number of rotatable bonds is 71. The van der Waals surface area contributed by atoms with Crippen LogP contribution in [0.5, 0.6) is 0 Å². The minimum atomic E-state index is -4.95. The highest BCUT2D eigenvalue weighted by Gasteiger charge is 2.30. The second-order valence-corrected chi connectivity index (χ2v) is 28.8. The molecule has 0 heterocycles. The van der Waals surface area contributed by atoms with E-state index in [1.807, 2.05) is 0 Å². The molecule has 0 radical (unpaired) electrons. The van der Waals surface area contributed by atoms with Crippen molar-refractivity contribution in [3.63, 3.8) is 0 Å². The lowest BCUT2D eigenvalue weighted by Gasteiger charge is -2.21. The highest BCUT2D eigenvalue weighted by molar-refractivity contribution is 7.47. The van der Waals surface area contributed by atoms with Crippen molar-refractivity contribution >= 4 is 39.5 Å². The Morgan fingerprint density at radius 2 is 0.533 bits per heavy atom. The summed E-state index contributed by atoms with van der Waals surface area (Å²) in [4.78, 5) is 72.6. The van der Waals surface area contributed by atoms with Crippen molar-refractivity contribution < 1.29 is 80.2 Å². The summed E-state index contributed by atoms with van der Waals surface area (Å²) in [6.07, 6.45) is 51.2. The van der Waals surface area contributed by atoms with Crippen LogP contribution in [0.2, 0.25) is 0 Å². The molecule has 0 bridgehead atoms. The van der Waals surface area contributed by atoms with Gasteiger partial charge in [-0.3, -0.25) is 37.3 Å². The van der Waals surface area contributed by atoms with E-state index in [4.69, 9.17) is 37.0 Å². The summed E-state index contributed by atoms with van der Waals surface area (Å²) in [6.45, 7) is 7.22. The highest BCUT2D eigenvalue weighted by Crippen LogP contribution is 2.45. The molecule has 0 fully saturated rings. The first-order chi connectivity index (χ1) is 43.6. The van der Waals surface area contributed by atoms with Gasteiger partial charge in [-0.05, 0) is 31.6 Å². The average Bonchev–Trinajstić information content (AvgIpc) is 3.66. The fourth-order valence-corrected chi connectivity index (χ4v) is 12.4. The van der Waals surface area contributed by atoms with Gasteiger partial charge in [-0.2, -0.15) is 0 Å². The number of hydrogen-bond donors (Lipinski definition) is 3. The zero-order valence-electron chi connectivity index (χ0n) is 58.3. The van der Waals surface area contributed by atoms with Crippen LogP contribution < -0.4 is 0 Å². The molecule has 0 aromatic rings. The zero-order valence-corrected chi connectivity index (χ0v) is 60.1. The van der Waals surface area contributed by atoms with Gasteiger partial charge in [0.05, 0.1) is 26.4 Å². The van der Waals surface area contributed by atoms with Gasteiger partial charge >= 0.3 is 39.5 Å². The molecule has 3 unspecified atom stereocenters. The van der Waals surface area contributed by atoms with Crippen LogP contribution in [0.25, 0.3) is 0 Å². The maximum absolute atomic E-state index is 13.0. The maximum atomic E-state index is 13.0. The largest absolute Gasteiger partial charge is 0.472 e. The molecule has 19 heteroatoms. The lowest BCUT2D eigenvalue weighted by molar-refractivity contribution is -0.161. The first-order valence-electron chi connectivity index (χ1n) is 37.2. The van der Waals surface area contributed by atoms with E-state index in [0.29, 0.717) is 25.7 Å². The third-order valence-electron chi connectivity index (χ3n) is 16.9. The maximum Gasteiger partial charge on any atom is 0.472 e. The topological polar surface area (TPSA) is 237 Å². The molecule has 17 nitrogen and oxygen atoms in total. The molecule has 90 heavy (non-hydrogen) atoms. The van der Waals surface area contributed by atoms with Crippen LogP contribution in [0.4, 0.5) is 0 Å². The van der Waals surface area contributed by atoms with Gasteiger partial charge in [-0.25, -0.2) is 9.13 Å². The molecule has 0 amide bonds. The number of carbonyl (C=O) groups excluding carboxylic acids is 4. The SMILES string of the molecule is CCCCCCCCCCCCCCCCCC(=O)O[C@H](COC(=O)CCCCCCCCCCCCCCCC)COP(=O)(O)OC[C@@H](O)COP(=O)(O)OC[C@@H](COC(=O)CCCCCCCCC(C)CC)OC(=O)CCCCCCCCCCCCC. The van der Waals surface area contributed by atoms with Gasteiger partial charge in [0.15, 0.2) is 12.2 Å². The van der Waals surface area contributed by atoms with E-state index in [1.165, 1.54) is 186 Å². The number of aliphatic hydroxyl groups is 1.